The molecule has 98 valence electrons. The topological polar surface area (TPSA) is 80.4 Å². The Kier molecular flexibility index (Phi) is 10.2. The summed E-state index contributed by atoms with van der Waals surface area (Å²) in [4.78, 5) is 20.0. The maximum absolute atomic E-state index is 10.2. The van der Waals surface area contributed by atoms with E-state index in [-0.39, 0.29) is 17.9 Å². The van der Waals surface area contributed by atoms with Crippen molar-refractivity contribution >= 4 is 5.97 Å². The number of rotatable bonds is 11. The Hall–Kier alpha value is -1.39. The van der Waals surface area contributed by atoms with Gasteiger partial charge in [0.25, 0.3) is 0 Å². The number of aliphatic carboxylic acids is 1. The lowest BCUT2D eigenvalue weighted by atomic mass is 10.1. The number of carbonyl (C=O) groups is 1. The van der Waals surface area contributed by atoms with Gasteiger partial charge in [0.15, 0.2) is 0 Å². The summed E-state index contributed by atoms with van der Waals surface area (Å²) in [6, 6.07) is 0. The average Bonchev–Trinajstić information content (AvgIpc) is 2.25. The van der Waals surface area contributed by atoms with Crippen molar-refractivity contribution in [3.63, 3.8) is 0 Å². The minimum Gasteiger partial charge on any atom is -0.481 e. The zero-order valence-corrected chi connectivity index (χ0v) is 10.1. The van der Waals surface area contributed by atoms with Crippen LogP contribution in [0.3, 0.4) is 0 Å². The van der Waals surface area contributed by atoms with Crippen molar-refractivity contribution in [2.75, 3.05) is 6.54 Å². The molecule has 0 unspecified atom stereocenters. The molecule has 0 aliphatic carbocycles. The van der Waals surface area contributed by atoms with Crippen molar-refractivity contribution in [2.45, 2.75) is 51.4 Å². The summed E-state index contributed by atoms with van der Waals surface area (Å²) >= 11 is 0. The van der Waals surface area contributed by atoms with E-state index in [1.165, 1.54) is 0 Å². The highest BCUT2D eigenvalue weighted by Gasteiger charge is 1.96. The van der Waals surface area contributed by atoms with Crippen LogP contribution in [0.4, 0.5) is 0 Å². The molecule has 0 rings (SSSR count). The standard InChI is InChI=1S/C12H21NO4/c14-12(15)10-8-6-4-2-1-3-5-7-9-11-13(16)17/h6,8H,1-5,7,9-11H2,(H,14,15)/b8-6+. The second kappa shape index (κ2) is 11.1. The molecule has 0 heterocycles. The van der Waals surface area contributed by atoms with Crippen molar-refractivity contribution in [3.05, 3.63) is 22.3 Å². The minimum absolute atomic E-state index is 0.0813. The van der Waals surface area contributed by atoms with Gasteiger partial charge in [0.2, 0.25) is 6.54 Å². The van der Waals surface area contributed by atoms with Crippen LogP contribution in [0.1, 0.15) is 51.4 Å². The van der Waals surface area contributed by atoms with Crippen molar-refractivity contribution in [1.82, 2.24) is 0 Å². The van der Waals surface area contributed by atoms with Crippen LogP contribution in [0.2, 0.25) is 0 Å². The van der Waals surface area contributed by atoms with E-state index in [4.69, 9.17) is 5.11 Å². The first kappa shape index (κ1) is 15.6. The molecule has 0 aromatic heterocycles. The van der Waals surface area contributed by atoms with Gasteiger partial charge in [-0.2, -0.15) is 0 Å². The lowest BCUT2D eigenvalue weighted by Crippen LogP contribution is -1.99. The summed E-state index contributed by atoms with van der Waals surface area (Å²) < 4.78 is 0. The number of unbranched alkanes of at least 4 members (excludes halogenated alkanes) is 6. The molecule has 17 heavy (non-hydrogen) atoms. The molecular formula is C12H21NO4. The highest BCUT2D eigenvalue weighted by Crippen LogP contribution is 2.07. The van der Waals surface area contributed by atoms with E-state index in [1.54, 1.807) is 6.08 Å². The third-order valence-electron chi connectivity index (χ3n) is 2.42. The molecule has 0 atom stereocenters. The van der Waals surface area contributed by atoms with Gasteiger partial charge in [0, 0.05) is 11.3 Å². The molecule has 0 fully saturated rings. The number of nitrogens with zero attached hydrogens (tertiary/aromatic N) is 1. The molecule has 0 radical (unpaired) electrons. The van der Waals surface area contributed by atoms with Crippen LogP contribution in [0.25, 0.3) is 0 Å². The van der Waals surface area contributed by atoms with Gasteiger partial charge >= 0.3 is 5.97 Å². The van der Waals surface area contributed by atoms with Gasteiger partial charge in [-0.25, -0.2) is 0 Å². The molecule has 0 aromatic rings. The average molecular weight is 243 g/mol. The van der Waals surface area contributed by atoms with Crippen LogP contribution in [0, 0.1) is 10.1 Å². The first-order chi connectivity index (χ1) is 8.13. The summed E-state index contributed by atoms with van der Waals surface area (Å²) in [5.41, 5.74) is 0. The Bertz CT molecular complexity index is 251. The van der Waals surface area contributed by atoms with Crippen LogP contribution in [0.5, 0.6) is 0 Å². The van der Waals surface area contributed by atoms with Gasteiger partial charge in [0.05, 0.1) is 6.42 Å². The van der Waals surface area contributed by atoms with Crippen LogP contribution in [-0.4, -0.2) is 22.5 Å². The van der Waals surface area contributed by atoms with Crippen LogP contribution < -0.4 is 0 Å². The van der Waals surface area contributed by atoms with Gasteiger partial charge < -0.3 is 5.11 Å². The lowest BCUT2D eigenvalue weighted by molar-refractivity contribution is -0.480. The van der Waals surface area contributed by atoms with E-state index in [2.05, 4.69) is 0 Å². The fraction of sp³-hybridized carbons (Fsp3) is 0.750. The van der Waals surface area contributed by atoms with Crippen LogP contribution in [0.15, 0.2) is 12.2 Å². The van der Waals surface area contributed by atoms with Crippen molar-refractivity contribution in [2.24, 2.45) is 0 Å². The lowest BCUT2D eigenvalue weighted by Gasteiger charge is -1.98. The third kappa shape index (κ3) is 14.6. The van der Waals surface area contributed by atoms with Gasteiger partial charge in [-0.3, -0.25) is 14.9 Å². The fourth-order valence-corrected chi connectivity index (χ4v) is 1.51. The number of nitro groups is 1. The largest absolute Gasteiger partial charge is 0.481 e. The zero-order valence-electron chi connectivity index (χ0n) is 10.1. The molecular weight excluding hydrogens is 222 g/mol. The van der Waals surface area contributed by atoms with Crippen molar-refractivity contribution < 1.29 is 14.8 Å². The highest BCUT2D eigenvalue weighted by atomic mass is 16.6. The number of hydrogen-bond donors (Lipinski definition) is 1. The third-order valence-corrected chi connectivity index (χ3v) is 2.42. The number of hydrogen-bond acceptors (Lipinski definition) is 3. The van der Waals surface area contributed by atoms with Gasteiger partial charge in [0.1, 0.15) is 0 Å². The van der Waals surface area contributed by atoms with E-state index < -0.39 is 5.97 Å². The molecule has 0 saturated heterocycles. The van der Waals surface area contributed by atoms with Gasteiger partial charge in [-0.05, 0) is 19.3 Å². The van der Waals surface area contributed by atoms with Crippen LogP contribution in [-0.2, 0) is 4.79 Å². The molecule has 0 aliphatic heterocycles. The normalized spacial score (nSPS) is 10.8. The predicted octanol–water partition coefficient (Wildman–Crippen LogP) is 3.02. The fourth-order valence-electron chi connectivity index (χ4n) is 1.51. The summed E-state index contributed by atoms with van der Waals surface area (Å²) in [6.07, 6.45) is 10.5. The molecule has 5 heteroatoms. The molecule has 0 aliphatic rings. The SMILES string of the molecule is O=C(O)C/C=C/CCCCCCCC[N+](=O)[O-]. The molecule has 0 amide bonds. The molecule has 0 bridgehead atoms. The smallest absolute Gasteiger partial charge is 0.307 e. The Balaban J connectivity index is 3.11. The first-order valence-corrected chi connectivity index (χ1v) is 6.11. The second-order valence-corrected chi connectivity index (χ2v) is 4.04. The van der Waals surface area contributed by atoms with E-state index in [1.807, 2.05) is 6.08 Å². The Labute approximate surface area is 102 Å². The zero-order chi connectivity index (χ0) is 12.9. The monoisotopic (exact) mass is 243 g/mol. The van der Waals surface area contributed by atoms with E-state index in [0.717, 1.165) is 38.5 Å². The number of carboxylic acids is 1. The quantitative estimate of drug-likeness (QED) is 0.262. The van der Waals surface area contributed by atoms with E-state index in [9.17, 15) is 14.9 Å². The van der Waals surface area contributed by atoms with E-state index in [0.29, 0.717) is 6.42 Å². The Morgan fingerprint density at radius 3 is 2.24 bits per heavy atom. The molecule has 0 saturated carbocycles. The van der Waals surface area contributed by atoms with Gasteiger partial charge in [-0.1, -0.05) is 31.4 Å². The molecule has 5 nitrogen and oxygen atoms in total. The Morgan fingerprint density at radius 1 is 1.06 bits per heavy atom. The summed E-state index contributed by atoms with van der Waals surface area (Å²) in [6.45, 7) is 0.0813. The van der Waals surface area contributed by atoms with Crippen molar-refractivity contribution in [3.8, 4) is 0 Å². The molecule has 0 spiro atoms. The molecule has 0 aromatic carbocycles. The Morgan fingerprint density at radius 2 is 1.65 bits per heavy atom. The van der Waals surface area contributed by atoms with Gasteiger partial charge in [-0.15, -0.1) is 0 Å². The molecule has 1 N–H and O–H groups in total. The minimum atomic E-state index is -0.799. The number of carboxylic acid groups (broad SMARTS) is 1. The van der Waals surface area contributed by atoms with Crippen molar-refractivity contribution in [1.29, 1.82) is 0 Å². The first-order valence-electron chi connectivity index (χ1n) is 6.11. The predicted molar refractivity (Wildman–Crippen MR) is 65.6 cm³/mol. The summed E-state index contributed by atoms with van der Waals surface area (Å²) in [5, 5.41) is 18.4. The summed E-state index contributed by atoms with van der Waals surface area (Å²) in [7, 11) is 0. The second-order valence-electron chi connectivity index (χ2n) is 4.04. The summed E-state index contributed by atoms with van der Waals surface area (Å²) in [5.74, 6) is -0.799. The maximum atomic E-state index is 10.2. The number of allylic oxidation sites excluding steroid dienone is 1. The van der Waals surface area contributed by atoms with Crippen LogP contribution >= 0.6 is 0 Å². The maximum Gasteiger partial charge on any atom is 0.307 e. The highest BCUT2D eigenvalue weighted by molar-refractivity contribution is 5.68. The van der Waals surface area contributed by atoms with E-state index >= 15 is 0 Å².